The molecule has 0 aliphatic heterocycles. The number of hydrogen-bond donors (Lipinski definition) is 1. The Labute approximate surface area is 135 Å². The lowest BCUT2D eigenvalue weighted by Gasteiger charge is -2.01. The molecule has 0 aliphatic rings. The Kier molecular flexibility index (Phi) is 3.81. The number of carbonyl (C=O) groups is 1. The van der Waals surface area contributed by atoms with Crippen LogP contribution in [0.3, 0.4) is 0 Å². The van der Waals surface area contributed by atoms with E-state index in [-0.39, 0.29) is 0 Å². The van der Waals surface area contributed by atoms with Crippen LogP contribution < -0.4 is 0 Å². The Bertz CT molecular complexity index is 880. The molecular weight excluding hydrogens is 344 g/mol. The fraction of sp³-hybridized carbons (Fsp3) is 0.0588. The van der Waals surface area contributed by atoms with E-state index >= 15 is 0 Å². The number of carboxylic acids is 1. The first-order valence-corrected chi connectivity index (χ1v) is 7.50. The van der Waals surface area contributed by atoms with Crippen LogP contribution in [0.5, 0.6) is 0 Å². The number of aryl methyl sites for hydroxylation is 1. The van der Waals surface area contributed by atoms with Crippen LogP contribution in [0.2, 0.25) is 0 Å². The monoisotopic (exact) mass is 356 g/mol. The third kappa shape index (κ3) is 2.67. The van der Waals surface area contributed by atoms with E-state index in [0.717, 1.165) is 38.7 Å². The zero-order chi connectivity index (χ0) is 15.7. The Morgan fingerprint density at radius 2 is 2.00 bits per heavy atom. The zero-order valence-electron chi connectivity index (χ0n) is 11.8. The van der Waals surface area contributed by atoms with Crippen LogP contribution in [0, 0.1) is 6.92 Å². The van der Waals surface area contributed by atoms with Crippen molar-refractivity contribution in [1.29, 1.82) is 0 Å². The average Bonchev–Trinajstić information content (AvgIpc) is 2.86. The van der Waals surface area contributed by atoms with Crippen molar-refractivity contribution in [3.05, 3.63) is 64.4 Å². The van der Waals surface area contributed by atoms with E-state index in [2.05, 4.69) is 15.9 Å². The van der Waals surface area contributed by atoms with E-state index in [1.54, 1.807) is 6.08 Å². The third-order valence-electron chi connectivity index (χ3n) is 3.38. The molecule has 0 unspecified atom stereocenters. The first-order valence-electron chi connectivity index (χ1n) is 6.71. The molecule has 0 spiro atoms. The van der Waals surface area contributed by atoms with Crippen LogP contribution in [-0.2, 0) is 4.79 Å². The fourth-order valence-electron chi connectivity index (χ4n) is 2.35. The van der Waals surface area contributed by atoms with Crippen LogP contribution >= 0.6 is 15.9 Å². The van der Waals surface area contributed by atoms with Gasteiger partial charge in [-0.2, -0.15) is 0 Å². The van der Waals surface area contributed by atoms with Crippen LogP contribution in [-0.4, -0.2) is 20.5 Å². The molecule has 0 saturated carbocycles. The van der Waals surface area contributed by atoms with E-state index in [4.69, 9.17) is 10.1 Å². The van der Waals surface area contributed by atoms with Crippen molar-refractivity contribution in [1.82, 2.24) is 9.38 Å². The molecule has 110 valence electrons. The van der Waals surface area contributed by atoms with Crippen molar-refractivity contribution in [3.63, 3.8) is 0 Å². The SMILES string of the molecule is Cc1cccn2c(/C=C/C(=O)O)c(-c3ccc(Br)cc3)nc12. The van der Waals surface area contributed by atoms with Gasteiger partial charge in [-0.05, 0) is 36.8 Å². The molecule has 4 nitrogen and oxygen atoms in total. The zero-order valence-corrected chi connectivity index (χ0v) is 13.4. The predicted molar refractivity (Wildman–Crippen MR) is 89.7 cm³/mol. The number of rotatable bonds is 3. The summed E-state index contributed by atoms with van der Waals surface area (Å²) in [5.74, 6) is -0.982. The van der Waals surface area contributed by atoms with Gasteiger partial charge in [0.25, 0.3) is 0 Å². The molecular formula is C17H13BrN2O2. The third-order valence-corrected chi connectivity index (χ3v) is 3.91. The lowest BCUT2D eigenvalue weighted by atomic mass is 10.1. The molecule has 1 N–H and O–H groups in total. The summed E-state index contributed by atoms with van der Waals surface area (Å²) in [5, 5.41) is 8.91. The van der Waals surface area contributed by atoms with Gasteiger partial charge < -0.3 is 5.11 Å². The van der Waals surface area contributed by atoms with E-state index in [1.165, 1.54) is 0 Å². The van der Waals surface area contributed by atoms with Crippen LogP contribution in [0.15, 0.2) is 53.1 Å². The highest BCUT2D eigenvalue weighted by atomic mass is 79.9. The summed E-state index contributed by atoms with van der Waals surface area (Å²) in [6.45, 7) is 1.98. The second-order valence-corrected chi connectivity index (χ2v) is 5.82. The topological polar surface area (TPSA) is 54.6 Å². The number of nitrogens with zero attached hydrogens (tertiary/aromatic N) is 2. The van der Waals surface area contributed by atoms with Crippen molar-refractivity contribution in [2.45, 2.75) is 6.92 Å². The summed E-state index contributed by atoms with van der Waals surface area (Å²) in [7, 11) is 0. The van der Waals surface area contributed by atoms with Gasteiger partial charge in [0.15, 0.2) is 0 Å². The first kappa shape index (κ1) is 14.5. The molecule has 22 heavy (non-hydrogen) atoms. The highest BCUT2D eigenvalue weighted by Crippen LogP contribution is 2.27. The second-order valence-electron chi connectivity index (χ2n) is 4.91. The quantitative estimate of drug-likeness (QED) is 0.716. The summed E-state index contributed by atoms with van der Waals surface area (Å²) in [6.07, 6.45) is 4.60. The number of imidazole rings is 1. The fourth-order valence-corrected chi connectivity index (χ4v) is 2.62. The Balaban J connectivity index is 2.28. The maximum atomic E-state index is 10.9. The van der Waals surface area contributed by atoms with Gasteiger partial charge in [-0.1, -0.05) is 34.1 Å². The maximum absolute atomic E-state index is 10.9. The minimum atomic E-state index is -0.982. The molecule has 2 heterocycles. The van der Waals surface area contributed by atoms with Crippen molar-refractivity contribution in [2.24, 2.45) is 0 Å². The summed E-state index contributed by atoms with van der Waals surface area (Å²) < 4.78 is 2.89. The first-order chi connectivity index (χ1) is 10.6. The van der Waals surface area contributed by atoms with Gasteiger partial charge in [0.1, 0.15) is 5.65 Å². The number of hydrogen-bond acceptors (Lipinski definition) is 2. The molecule has 5 heteroatoms. The normalized spacial score (nSPS) is 11.4. The molecule has 3 rings (SSSR count). The number of aliphatic carboxylic acids is 1. The van der Waals surface area contributed by atoms with Gasteiger partial charge in [0, 0.05) is 22.3 Å². The van der Waals surface area contributed by atoms with Crippen LogP contribution in [0.4, 0.5) is 0 Å². The molecule has 1 aromatic carbocycles. The van der Waals surface area contributed by atoms with Gasteiger partial charge in [-0.15, -0.1) is 0 Å². The van der Waals surface area contributed by atoms with Crippen molar-refractivity contribution in [3.8, 4) is 11.3 Å². The summed E-state index contributed by atoms with van der Waals surface area (Å²) in [4.78, 5) is 15.6. The summed E-state index contributed by atoms with van der Waals surface area (Å²) in [5.41, 5.74) is 4.32. The predicted octanol–water partition coefficient (Wildman–Crippen LogP) is 4.17. The van der Waals surface area contributed by atoms with Gasteiger partial charge in [-0.3, -0.25) is 4.40 Å². The van der Waals surface area contributed by atoms with E-state index in [0.29, 0.717) is 0 Å². The van der Waals surface area contributed by atoms with Crippen LogP contribution in [0.25, 0.3) is 23.0 Å². The number of fused-ring (bicyclic) bond motifs is 1. The standard InChI is InChI=1S/C17H13BrN2O2/c1-11-3-2-10-20-14(8-9-15(21)22)16(19-17(11)20)12-4-6-13(18)7-5-12/h2-10H,1H3,(H,21,22)/b9-8+. The number of benzene rings is 1. The van der Waals surface area contributed by atoms with Gasteiger partial charge in [-0.25, -0.2) is 9.78 Å². The molecule has 0 amide bonds. The van der Waals surface area contributed by atoms with Gasteiger partial charge in [0.2, 0.25) is 0 Å². The minimum Gasteiger partial charge on any atom is -0.478 e. The highest BCUT2D eigenvalue weighted by Gasteiger charge is 2.13. The van der Waals surface area contributed by atoms with Crippen molar-refractivity contribution < 1.29 is 9.90 Å². The molecule has 0 fully saturated rings. The minimum absolute atomic E-state index is 0.753. The van der Waals surface area contributed by atoms with E-state index < -0.39 is 5.97 Å². The number of halogens is 1. The number of aromatic nitrogens is 2. The summed E-state index contributed by atoms with van der Waals surface area (Å²) in [6, 6.07) is 11.7. The highest BCUT2D eigenvalue weighted by molar-refractivity contribution is 9.10. The molecule has 2 aromatic heterocycles. The number of pyridine rings is 1. The Morgan fingerprint density at radius 3 is 2.68 bits per heavy atom. The molecule has 0 aliphatic carbocycles. The molecule has 3 aromatic rings. The molecule has 0 saturated heterocycles. The Hall–Kier alpha value is -2.40. The molecule has 0 radical (unpaired) electrons. The molecule has 0 bridgehead atoms. The van der Waals surface area contributed by atoms with Crippen molar-refractivity contribution in [2.75, 3.05) is 0 Å². The smallest absolute Gasteiger partial charge is 0.328 e. The van der Waals surface area contributed by atoms with Crippen molar-refractivity contribution >= 4 is 33.6 Å². The van der Waals surface area contributed by atoms with E-state index in [9.17, 15) is 4.79 Å². The van der Waals surface area contributed by atoms with Gasteiger partial charge >= 0.3 is 5.97 Å². The van der Waals surface area contributed by atoms with Gasteiger partial charge in [0.05, 0.1) is 11.4 Å². The van der Waals surface area contributed by atoms with E-state index in [1.807, 2.05) is 53.9 Å². The largest absolute Gasteiger partial charge is 0.478 e. The average molecular weight is 357 g/mol. The Morgan fingerprint density at radius 1 is 1.27 bits per heavy atom. The summed E-state index contributed by atoms with van der Waals surface area (Å²) >= 11 is 3.42. The number of carboxylic acid groups (broad SMARTS) is 1. The lowest BCUT2D eigenvalue weighted by molar-refractivity contribution is -0.131. The lowest BCUT2D eigenvalue weighted by Crippen LogP contribution is -1.91. The second kappa shape index (κ2) is 5.77. The molecule has 0 atom stereocenters. The van der Waals surface area contributed by atoms with Crippen LogP contribution in [0.1, 0.15) is 11.3 Å². The maximum Gasteiger partial charge on any atom is 0.328 e.